The molecule has 0 aliphatic heterocycles. The molecule has 0 bridgehead atoms. The first-order valence-electron chi connectivity index (χ1n) is 8.21. The molecule has 2 fully saturated rings. The smallest absolute Gasteiger partial charge is 0.200 e. The largest absolute Gasteiger partial charge is 0.276 e. The molecule has 0 aromatic heterocycles. The summed E-state index contributed by atoms with van der Waals surface area (Å²) >= 11 is 0. The van der Waals surface area contributed by atoms with E-state index in [4.69, 9.17) is 0 Å². The van der Waals surface area contributed by atoms with Gasteiger partial charge in [-0.15, -0.1) is 0 Å². The summed E-state index contributed by atoms with van der Waals surface area (Å²) in [6.07, 6.45) is 8.34. The van der Waals surface area contributed by atoms with Gasteiger partial charge in [0.1, 0.15) is 0 Å². The second-order valence-corrected chi connectivity index (χ2v) is 8.23. The minimum atomic E-state index is -3.55. The Morgan fingerprint density at radius 1 is 1.09 bits per heavy atom. The molecule has 1 N–H and O–H groups in total. The van der Waals surface area contributed by atoms with Gasteiger partial charge in [-0.25, -0.2) is 4.83 Å². The van der Waals surface area contributed by atoms with Crippen LogP contribution in [0.15, 0.2) is 34.3 Å². The van der Waals surface area contributed by atoms with Crippen LogP contribution in [0.5, 0.6) is 0 Å². The zero-order chi connectivity index (χ0) is 15.6. The summed E-state index contributed by atoms with van der Waals surface area (Å²) in [4.78, 5) is 2.73. The molecule has 0 heterocycles. The zero-order valence-corrected chi connectivity index (χ0v) is 13.9. The lowest BCUT2D eigenvalue weighted by Crippen LogP contribution is -2.21. The van der Waals surface area contributed by atoms with Gasteiger partial charge in [0, 0.05) is 11.6 Å². The highest BCUT2D eigenvalue weighted by molar-refractivity contribution is 7.89. The maximum absolute atomic E-state index is 12.3. The van der Waals surface area contributed by atoms with E-state index in [1.54, 1.807) is 24.3 Å². The monoisotopic (exact) mass is 320 g/mol. The Kier molecular flexibility index (Phi) is 4.52. The van der Waals surface area contributed by atoms with Crippen LogP contribution in [-0.2, 0) is 10.0 Å². The molecule has 1 aromatic rings. The van der Waals surface area contributed by atoms with Crippen molar-refractivity contribution in [2.45, 2.75) is 56.8 Å². The molecule has 120 valence electrons. The lowest BCUT2D eigenvalue weighted by Gasteiger charge is -2.08. The van der Waals surface area contributed by atoms with Gasteiger partial charge < -0.3 is 0 Å². The van der Waals surface area contributed by atoms with Crippen LogP contribution in [0.3, 0.4) is 0 Å². The number of rotatable bonds is 3. The van der Waals surface area contributed by atoms with Crippen LogP contribution in [0.4, 0.5) is 0 Å². The third-order valence-electron chi connectivity index (χ3n) is 4.75. The third-order valence-corrected chi connectivity index (χ3v) is 5.97. The quantitative estimate of drug-likeness (QED) is 0.865. The molecule has 4 nitrogen and oxygen atoms in total. The summed E-state index contributed by atoms with van der Waals surface area (Å²) in [5, 5.41) is 4.30. The highest BCUT2D eigenvalue weighted by Gasteiger charge is 2.40. The lowest BCUT2D eigenvalue weighted by molar-refractivity contribution is 0.584. The first-order chi connectivity index (χ1) is 10.6. The molecule has 5 heteroatoms. The average molecular weight is 320 g/mol. The van der Waals surface area contributed by atoms with E-state index in [1.807, 2.05) is 6.92 Å². The van der Waals surface area contributed by atoms with Crippen molar-refractivity contribution in [2.24, 2.45) is 16.9 Å². The number of fused-ring (bicyclic) bond motifs is 1. The average Bonchev–Trinajstić information content (AvgIpc) is 3.24. The van der Waals surface area contributed by atoms with Gasteiger partial charge in [-0.1, -0.05) is 37.0 Å². The molecule has 3 rings (SSSR count). The minimum Gasteiger partial charge on any atom is -0.200 e. The van der Waals surface area contributed by atoms with E-state index in [0.29, 0.717) is 5.92 Å². The Morgan fingerprint density at radius 2 is 1.82 bits per heavy atom. The van der Waals surface area contributed by atoms with Crippen molar-refractivity contribution < 1.29 is 8.42 Å². The standard InChI is InChI=1S/C17H24N2O2S/c1-13-8-10-15(11-9-13)22(20,21)19-18-17-7-5-3-2-4-6-14-12-16(14)17/h8-11,14,16,19H,2-7,12H2,1H3/b18-17+. The Balaban J connectivity index is 1.72. The fraction of sp³-hybridized carbons (Fsp3) is 0.588. The van der Waals surface area contributed by atoms with Crippen LogP contribution in [0.2, 0.25) is 0 Å². The molecule has 2 saturated carbocycles. The third kappa shape index (κ3) is 3.69. The van der Waals surface area contributed by atoms with Crippen LogP contribution in [-0.4, -0.2) is 14.1 Å². The summed E-state index contributed by atoms with van der Waals surface area (Å²) in [7, 11) is -3.55. The number of hydrogen-bond donors (Lipinski definition) is 1. The maximum atomic E-state index is 12.3. The maximum Gasteiger partial charge on any atom is 0.276 e. The van der Waals surface area contributed by atoms with Crippen molar-refractivity contribution in [3.63, 3.8) is 0 Å². The van der Waals surface area contributed by atoms with Gasteiger partial charge in [0.15, 0.2) is 0 Å². The van der Waals surface area contributed by atoms with Gasteiger partial charge >= 0.3 is 0 Å². The van der Waals surface area contributed by atoms with Gasteiger partial charge in [-0.3, -0.25) is 0 Å². The summed E-state index contributed by atoms with van der Waals surface area (Å²) < 4.78 is 24.6. The van der Waals surface area contributed by atoms with Crippen molar-refractivity contribution in [3.05, 3.63) is 29.8 Å². The number of benzene rings is 1. The Bertz CT molecular complexity index is 650. The number of nitrogens with zero attached hydrogens (tertiary/aromatic N) is 1. The van der Waals surface area contributed by atoms with Gasteiger partial charge in [-0.05, 0) is 50.7 Å². The summed E-state index contributed by atoms with van der Waals surface area (Å²) in [6.45, 7) is 1.94. The number of hydrazone groups is 1. The molecule has 2 atom stereocenters. The predicted octanol–water partition coefficient (Wildman–Crippen LogP) is 3.62. The second kappa shape index (κ2) is 6.41. The molecule has 2 aliphatic carbocycles. The van der Waals surface area contributed by atoms with Crippen LogP contribution < -0.4 is 4.83 Å². The number of aryl methyl sites for hydroxylation is 1. The number of hydrogen-bond acceptors (Lipinski definition) is 3. The lowest BCUT2D eigenvalue weighted by atomic mass is 10.1. The van der Waals surface area contributed by atoms with Crippen LogP contribution >= 0.6 is 0 Å². The summed E-state index contributed by atoms with van der Waals surface area (Å²) in [5.74, 6) is 1.25. The van der Waals surface area contributed by atoms with Crippen LogP contribution in [0.1, 0.15) is 50.5 Å². The van der Waals surface area contributed by atoms with Crippen LogP contribution in [0.25, 0.3) is 0 Å². The Morgan fingerprint density at radius 3 is 2.59 bits per heavy atom. The molecule has 1 aromatic carbocycles. The van der Waals surface area contributed by atoms with E-state index < -0.39 is 10.0 Å². The van der Waals surface area contributed by atoms with Gasteiger partial charge in [-0.2, -0.15) is 13.5 Å². The van der Waals surface area contributed by atoms with E-state index in [9.17, 15) is 8.42 Å². The molecule has 0 spiro atoms. The number of sulfonamides is 1. The second-order valence-electron chi connectivity index (χ2n) is 6.57. The van der Waals surface area contributed by atoms with Crippen LogP contribution in [0, 0.1) is 18.8 Å². The first-order valence-corrected chi connectivity index (χ1v) is 9.69. The molecular formula is C17H24N2O2S. The van der Waals surface area contributed by atoms with E-state index in [-0.39, 0.29) is 4.90 Å². The van der Waals surface area contributed by atoms with E-state index in [0.717, 1.165) is 30.0 Å². The zero-order valence-electron chi connectivity index (χ0n) is 13.1. The summed E-state index contributed by atoms with van der Waals surface area (Å²) in [5.41, 5.74) is 2.10. The Hall–Kier alpha value is -1.36. The fourth-order valence-corrected chi connectivity index (χ4v) is 4.09. The molecule has 2 aliphatic rings. The highest BCUT2D eigenvalue weighted by Crippen LogP contribution is 2.45. The highest BCUT2D eigenvalue weighted by atomic mass is 32.2. The van der Waals surface area contributed by atoms with Gasteiger partial charge in [0.2, 0.25) is 0 Å². The molecule has 0 radical (unpaired) electrons. The fourth-order valence-electron chi connectivity index (χ4n) is 3.25. The van der Waals surface area contributed by atoms with E-state index in [1.165, 1.54) is 32.1 Å². The molecule has 2 unspecified atom stereocenters. The van der Waals surface area contributed by atoms with Crippen molar-refractivity contribution in [1.82, 2.24) is 4.83 Å². The SMILES string of the molecule is Cc1ccc(S(=O)(=O)N/N=C2\CCCCCCC3CC23)cc1. The van der Waals surface area contributed by atoms with Gasteiger partial charge in [0.25, 0.3) is 10.0 Å². The molecule has 0 amide bonds. The van der Waals surface area contributed by atoms with Crippen molar-refractivity contribution in [1.29, 1.82) is 0 Å². The topological polar surface area (TPSA) is 58.5 Å². The number of nitrogens with one attached hydrogen (secondary N) is 1. The van der Waals surface area contributed by atoms with Crippen molar-refractivity contribution >= 4 is 15.7 Å². The van der Waals surface area contributed by atoms with Crippen molar-refractivity contribution in [3.8, 4) is 0 Å². The van der Waals surface area contributed by atoms with Gasteiger partial charge in [0.05, 0.1) is 4.90 Å². The predicted molar refractivity (Wildman–Crippen MR) is 88.2 cm³/mol. The minimum absolute atomic E-state index is 0.276. The van der Waals surface area contributed by atoms with Crippen molar-refractivity contribution in [2.75, 3.05) is 0 Å². The molecular weight excluding hydrogens is 296 g/mol. The first kappa shape index (κ1) is 15.5. The molecule has 22 heavy (non-hydrogen) atoms. The normalized spacial score (nSPS) is 27.4. The summed E-state index contributed by atoms with van der Waals surface area (Å²) in [6, 6.07) is 6.86. The van der Waals surface area contributed by atoms with E-state index >= 15 is 0 Å². The molecule has 0 saturated heterocycles. The Labute approximate surface area is 133 Å². The van der Waals surface area contributed by atoms with E-state index in [2.05, 4.69) is 9.93 Å².